The van der Waals surface area contributed by atoms with Crippen molar-refractivity contribution in [3.8, 4) is 5.75 Å². The summed E-state index contributed by atoms with van der Waals surface area (Å²) in [6, 6.07) is 7.54. The molecule has 4 heteroatoms. The molecule has 0 bridgehead atoms. The molecule has 0 fully saturated rings. The Morgan fingerprint density at radius 1 is 1.25 bits per heavy atom. The van der Waals surface area contributed by atoms with Gasteiger partial charge in [-0.2, -0.15) is 0 Å². The Morgan fingerprint density at radius 2 is 1.88 bits per heavy atom. The lowest BCUT2D eigenvalue weighted by Gasteiger charge is -2.11. The van der Waals surface area contributed by atoms with Crippen LogP contribution in [0.1, 0.15) is 5.56 Å². The van der Waals surface area contributed by atoms with E-state index in [-0.39, 0.29) is 0 Å². The van der Waals surface area contributed by atoms with E-state index < -0.39 is 0 Å². The maximum Gasteiger partial charge on any atom is 0.191 e. The van der Waals surface area contributed by atoms with Gasteiger partial charge in [0, 0.05) is 12.1 Å². The molecule has 0 spiro atoms. The summed E-state index contributed by atoms with van der Waals surface area (Å²) < 4.78 is 10.5. The molecule has 0 radical (unpaired) electrons. The lowest BCUT2D eigenvalue weighted by Crippen LogP contribution is -2.19. The zero-order valence-corrected chi connectivity index (χ0v) is 10.7. The third kappa shape index (κ3) is 4.16. The zero-order chi connectivity index (χ0) is 12.0. The minimum Gasteiger partial charge on any atom is -0.497 e. The third-order valence-electron chi connectivity index (χ3n) is 2.10. The van der Waals surface area contributed by atoms with Crippen molar-refractivity contribution >= 4 is 17.3 Å². The largest absolute Gasteiger partial charge is 0.497 e. The fourth-order valence-electron chi connectivity index (χ4n) is 1.13. The number of methoxy groups -OCH3 is 1. The summed E-state index contributed by atoms with van der Waals surface area (Å²) in [6.07, 6.45) is 0. The van der Waals surface area contributed by atoms with Gasteiger partial charge >= 0.3 is 0 Å². The van der Waals surface area contributed by atoms with E-state index in [9.17, 15) is 0 Å². The van der Waals surface area contributed by atoms with Crippen molar-refractivity contribution in [1.29, 1.82) is 0 Å². The van der Waals surface area contributed by atoms with Crippen LogP contribution in [-0.2, 0) is 4.74 Å². The molecular formula is C12H17NO2S. The van der Waals surface area contributed by atoms with Gasteiger partial charge in [-0.05, 0) is 50.6 Å². The molecule has 1 aromatic rings. The molecular weight excluding hydrogens is 222 g/mol. The van der Waals surface area contributed by atoms with Crippen molar-refractivity contribution in [1.82, 2.24) is 4.90 Å². The van der Waals surface area contributed by atoms with E-state index in [4.69, 9.17) is 21.7 Å². The van der Waals surface area contributed by atoms with Crippen LogP contribution in [0.2, 0.25) is 0 Å². The van der Waals surface area contributed by atoms with E-state index >= 15 is 0 Å². The predicted octanol–water partition coefficient (Wildman–Crippen LogP) is 1.95. The van der Waals surface area contributed by atoms with Crippen molar-refractivity contribution in [2.75, 3.05) is 34.4 Å². The van der Waals surface area contributed by atoms with Crippen molar-refractivity contribution < 1.29 is 9.47 Å². The molecule has 16 heavy (non-hydrogen) atoms. The summed E-state index contributed by atoms with van der Waals surface area (Å²) in [5.74, 6) is 0.819. The molecule has 0 amide bonds. The van der Waals surface area contributed by atoms with Gasteiger partial charge < -0.3 is 14.4 Å². The maximum atomic E-state index is 5.46. The van der Waals surface area contributed by atoms with Gasteiger partial charge in [0.1, 0.15) is 12.4 Å². The Balaban J connectivity index is 2.46. The van der Waals surface area contributed by atoms with Crippen molar-refractivity contribution in [2.24, 2.45) is 0 Å². The number of rotatable bonds is 5. The number of thiocarbonyl (C=S) groups is 1. The van der Waals surface area contributed by atoms with Crippen LogP contribution < -0.4 is 4.74 Å². The van der Waals surface area contributed by atoms with Gasteiger partial charge in [-0.3, -0.25) is 0 Å². The second kappa shape index (κ2) is 6.45. The van der Waals surface area contributed by atoms with Crippen LogP contribution in [-0.4, -0.2) is 44.3 Å². The summed E-state index contributed by atoms with van der Waals surface area (Å²) in [4.78, 5) is 2.05. The summed E-state index contributed by atoms with van der Waals surface area (Å²) >= 11 is 5.17. The molecule has 0 N–H and O–H groups in total. The highest BCUT2D eigenvalue weighted by molar-refractivity contribution is 7.80. The topological polar surface area (TPSA) is 21.7 Å². The Labute approximate surface area is 102 Å². The maximum absolute atomic E-state index is 5.46. The first-order valence-corrected chi connectivity index (χ1v) is 5.50. The second-order valence-electron chi connectivity index (χ2n) is 3.67. The van der Waals surface area contributed by atoms with Crippen LogP contribution in [0.25, 0.3) is 0 Å². The van der Waals surface area contributed by atoms with Gasteiger partial charge in [0.2, 0.25) is 0 Å². The zero-order valence-electron chi connectivity index (χ0n) is 9.90. The van der Waals surface area contributed by atoms with E-state index in [1.54, 1.807) is 7.11 Å². The minimum absolute atomic E-state index is 0.532. The molecule has 0 unspecified atom stereocenters. The molecule has 88 valence electrons. The molecule has 0 aliphatic heterocycles. The SMILES string of the molecule is COc1ccc(C(=S)OCCN(C)C)cc1. The lowest BCUT2D eigenvalue weighted by atomic mass is 10.2. The van der Waals surface area contributed by atoms with E-state index in [0.29, 0.717) is 11.7 Å². The highest BCUT2D eigenvalue weighted by atomic mass is 32.1. The van der Waals surface area contributed by atoms with Gasteiger partial charge in [0.05, 0.1) is 7.11 Å². The number of hydrogen-bond donors (Lipinski definition) is 0. The number of nitrogens with zero attached hydrogens (tertiary/aromatic N) is 1. The normalized spacial score (nSPS) is 10.2. The van der Waals surface area contributed by atoms with Gasteiger partial charge in [0.25, 0.3) is 0 Å². The molecule has 0 atom stereocenters. The van der Waals surface area contributed by atoms with Gasteiger partial charge in [0.15, 0.2) is 5.05 Å². The number of hydrogen-bond acceptors (Lipinski definition) is 4. The highest BCUT2D eigenvalue weighted by Crippen LogP contribution is 2.12. The van der Waals surface area contributed by atoms with Crippen molar-refractivity contribution in [3.63, 3.8) is 0 Å². The monoisotopic (exact) mass is 239 g/mol. The quantitative estimate of drug-likeness (QED) is 0.732. The van der Waals surface area contributed by atoms with Gasteiger partial charge in [-0.15, -0.1) is 0 Å². The standard InChI is InChI=1S/C12H17NO2S/c1-13(2)8-9-15-12(16)10-4-6-11(14-3)7-5-10/h4-7H,8-9H2,1-3H3. The van der Waals surface area contributed by atoms with Crippen LogP contribution in [0.15, 0.2) is 24.3 Å². The number of ether oxygens (including phenoxy) is 2. The predicted molar refractivity (Wildman–Crippen MR) is 69.2 cm³/mol. The van der Waals surface area contributed by atoms with E-state index in [1.165, 1.54) is 0 Å². The second-order valence-corrected chi connectivity index (χ2v) is 4.04. The third-order valence-corrected chi connectivity index (χ3v) is 2.45. The summed E-state index contributed by atoms with van der Waals surface area (Å²) in [5, 5.41) is 0.532. The average Bonchev–Trinajstić information content (AvgIpc) is 2.28. The molecule has 0 aromatic heterocycles. The molecule has 1 rings (SSSR count). The summed E-state index contributed by atoms with van der Waals surface area (Å²) in [6.45, 7) is 1.47. The van der Waals surface area contributed by atoms with E-state index in [1.807, 2.05) is 38.4 Å². The fourth-order valence-corrected chi connectivity index (χ4v) is 1.35. The molecule has 3 nitrogen and oxygen atoms in total. The van der Waals surface area contributed by atoms with Crippen LogP contribution >= 0.6 is 12.2 Å². The summed E-state index contributed by atoms with van der Waals surface area (Å²) in [7, 11) is 5.64. The van der Waals surface area contributed by atoms with Gasteiger partial charge in [-0.1, -0.05) is 0 Å². The molecule has 0 aliphatic carbocycles. The molecule has 0 saturated carbocycles. The van der Waals surface area contributed by atoms with E-state index in [0.717, 1.165) is 17.9 Å². The Bertz CT molecular complexity index is 335. The molecule has 0 saturated heterocycles. The number of benzene rings is 1. The van der Waals surface area contributed by atoms with E-state index in [2.05, 4.69) is 4.90 Å². The Morgan fingerprint density at radius 3 is 2.38 bits per heavy atom. The Hall–Kier alpha value is -1.13. The van der Waals surface area contributed by atoms with Crippen molar-refractivity contribution in [3.05, 3.63) is 29.8 Å². The molecule has 0 heterocycles. The summed E-state index contributed by atoms with van der Waals surface area (Å²) in [5.41, 5.74) is 0.912. The average molecular weight is 239 g/mol. The Kier molecular flexibility index (Phi) is 5.22. The van der Waals surface area contributed by atoms with Crippen LogP contribution in [0.4, 0.5) is 0 Å². The molecule has 0 aliphatic rings. The molecule has 1 aromatic carbocycles. The first-order chi connectivity index (χ1) is 7.63. The fraction of sp³-hybridized carbons (Fsp3) is 0.417. The van der Waals surface area contributed by atoms with Gasteiger partial charge in [-0.25, -0.2) is 0 Å². The van der Waals surface area contributed by atoms with Crippen LogP contribution in [0, 0.1) is 0 Å². The first-order valence-electron chi connectivity index (χ1n) is 5.09. The minimum atomic E-state index is 0.532. The smallest absolute Gasteiger partial charge is 0.191 e. The van der Waals surface area contributed by atoms with Crippen LogP contribution in [0.5, 0.6) is 5.75 Å². The first kappa shape index (κ1) is 12.9. The number of likely N-dealkylation sites (N-methyl/N-ethyl adjacent to an activating group) is 1. The van der Waals surface area contributed by atoms with Crippen LogP contribution in [0.3, 0.4) is 0 Å². The van der Waals surface area contributed by atoms with Crippen molar-refractivity contribution in [2.45, 2.75) is 0 Å². The highest BCUT2D eigenvalue weighted by Gasteiger charge is 2.02. The lowest BCUT2D eigenvalue weighted by molar-refractivity contribution is 0.257.